The number of ether oxygens (including phenoxy) is 3. The molecule has 0 fully saturated rings. The van der Waals surface area contributed by atoms with Crippen molar-refractivity contribution in [1.82, 2.24) is 0 Å². The van der Waals surface area contributed by atoms with E-state index < -0.39 is 6.10 Å². The van der Waals surface area contributed by atoms with Crippen molar-refractivity contribution in [2.24, 2.45) is 0 Å². The molecule has 4 nitrogen and oxygen atoms in total. The van der Waals surface area contributed by atoms with E-state index in [1.54, 1.807) is 18.2 Å². The quantitative estimate of drug-likeness (QED) is 0.712. The zero-order valence-electron chi connectivity index (χ0n) is 7.69. The minimum absolute atomic E-state index is 0.239. The fourth-order valence-electron chi connectivity index (χ4n) is 1.34. The van der Waals surface area contributed by atoms with Crippen LogP contribution in [0.4, 0.5) is 0 Å². The van der Waals surface area contributed by atoms with E-state index >= 15 is 0 Å². The number of benzene rings is 1. The van der Waals surface area contributed by atoms with E-state index in [0.717, 1.165) is 5.56 Å². The second kappa shape index (κ2) is 3.56. The third-order valence-electron chi connectivity index (χ3n) is 2.05. The summed E-state index contributed by atoms with van der Waals surface area (Å²) in [5, 5.41) is 8.78. The van der Waals surface area contributed by atoms with E-state index in [9.17, 15) is 0 Å². The van der Waals surface area contributed by atoms with Gasteiger partial charge in [0.2, 0.25) is 6.79 Å². The molecule has 2 rings (SSSR count). The lowest BCUT2D eigenvalue weighted by atomic mass is 10.1. The number of rotatable bonds is 2. The predicted octanol–water partition coefficient (Wildman–Crippen LogP) is 1.63. The molecule has 0 spiro atoms. The van der Waals surface area contributed by atoms with Crippen molar-refractivity contribution in [3.05, 3.63) is 23.8 Å². The fraction of sp³-hybridized carbons (Fsp3) is 0.300. The van der Waals surface area contributed by atoms with E-state index in [1.807, 2.05) is 6.07 Å². The summed E-state index contributed by atoms with van der Waals surface area (Å²) in [5.74, 6) is 1.38. The summed E-state index contributed by atoms with van der Waals surface area (Å²) < 4.78 is 15.3. The number of nitrogens with zero attached hydrogens (tertiary/aromatic N) is 1. The van der Waals surface area contributed by atoms with Crippen LogP contribution in [0.5, 0.6) is 11.5 Å². The van der Waals surface area contributed by atoms with Gasteiger partial charge in [-0.15, -0.1) is 0 Å². The summed E-state index contributed by atoms with van der Waals surface area (Å²) in [6, 6.07) is 7.38. The molecule has 1 aliphatic heterocycles. The highest BCUT2D eigenvalue weighted by Crippen LogP contribution is 2.34. The summed E-state index contributed by atoms with van der Waals surface area (Å²) in [6.07, 6.45) is -0.551. The summed E-state index contributed by atoms with van der Waals surface area (Å²) in [5.41, 5.74) is 0.777. The van der Waals surface area contributed by atoms with Crippen molar-refractivity contribution in [2.45, 2.75) is 6.10 Å². The fourth-order valence-corrected chi connectivity index (χ4v) is 1.34. The summed E-state index contributed by atoms with van der Waals surface area (Å²) in [4.78, 5) is 0. The van der Waals surface area contributed by atoms with Gasteiger partial charge >= 0.3 is 0 Å². The maximum absolute atomic E-state index is 8.78. The SMILES string of the molecule is CO[C@H](C#N)c1ccc2c(c1)OCO2. The lowest BCUT2D eigenvalue weighted by Crippen LogP contribution is -1.97. The molecule has 1 aliphatic rings. The van der Waals surface area contributed by atoms with Gasteiger partial charge in [-0.2, -0.15) is 5.26 Å². The molecular weight excluding hydrogens is 182 g/mol. The van der Waals surface area contributed by atoms with Gasteiger partial charge in [-0.05, 0) is 17.7 Å². The van der Waals surface area contributed by atoms with Gasteiger partial charge in [0.25, 0.3) is 0 Å². The zero-order chi connectivity index (χ0) is 9.97. The van der Waals surface area contributed by atoms with Gasteiger partial charge < -0.3 is 14.2 Å². The number of fused-ring (bicyclic) bond motifs is 1. The average Bonchev–Trinajstić information content (AvgIpc) is 2.66. The van der Waals surface area contributed by atoms with Gasteiger partial charge in [-0.25, -0.2) is 0 Å². The lowest BCUT2D eigenvalue weighted by Gasteiger charge is -2.07. The standard InChI is InChI=1S/C10H9NO3/c1-12-10(5-11)7-2-3-8-9(4-7)14-6-13-8/h2-4,10H,6H2,1H3/t10-/m1/s1. The third-order valence-corrected chi connectivity index (χ3v) is 2.05. The maximum Gasteiger partial charge on any atom is 0.231 e. The Bertz CT molecular complexity index is 383. The first kappa shape index (κ1) is 8.85. The molecule has 0 N–H and O–H groups in total. The summed E-state index contributed by atoms with van der Waals surface area (Å²) in [6.45, 7) is 0.239. The van der Waals surface area contributed by atoms with Gasteiger partial charge in [-0.3, -0.25) is 0 Å². The largest absolute Gasteiger partial charge is 0.454 e. The highest BCUT2D eigenvalue weighted by Gasteiger charge is 2.16. The molecule has 0 unspecified atom stereocenters. The molecule has 0 amide bonds. The number of hydrogen-bond donors (Lipinski definition) is 0. The zero-order valence-corrected chi connectivity index (χ0v) is 7.69. The first-order chi connectivity index (χ1) is 6.85. The molecule has 4 heteroatoms. The monoisotopic (exact) mass is 191 g/mol. The molecule has 0 saturated heterocycles. The third kappa shape index (κ3) is 1.38. The molecule has 1 aromatic rings. The Morgan fingerprint density at radius 2 is 2.21 bits per heavy atom. The van der Waals surface area contributed by atoms with Gasteiger partial charge in [0.05, 0.1) is 6.07 Å². The number of hydrogen-bond acceptors (Lipinski definition) is 4. The maximum atomic E-state index is 8.78. The van der Waals surface area contributed by atoms with Crippen molar-refractivity contribution in [3.63, 3.8) is 0 Å². The molecule has 1 heterocycles. The Kier molecular flexibility index (Phi) is 2.25. The molecule has 0 bridgehead atoms. The van der Waals surface area contributed by atoms with E-state index in [-0.39, 0.29) is 6.79 Å². The van der Waals surface area contributed by atoms with Crippen LogP contribution in [0.15, 0.2) is 18.2 Å². The minimum Gasteiger partial charge on any atom is -0.454 e. The van der Waals surface area contributed by atoms with Crippen LogP contribution in [0.2, 0.25) is 0 Å². The van der Waals surface area contributed by atoms with E-state index in [1.165, 1.54) is 7.11 Å². The van der Waals surface area contributed by atoms with Crippen LogP contribution >= 0.6 is 0 Å². The Balaban J connectivity index is 2.33. The molecule has 0 radical (unpaired) electrons. The Morgan fingerprint density at radius 3 is 2.93 bits per heavy atom. The molecular formula is C10H9NO3. The molecule has 0 aliphatic carbocycles. The normalized spacial score (nSPS) is 14.9. The summed E-state index contributed by atoms with van der Waals surface area (Å²) in [7, 11) is 1.50. The first-order valence-corrected chi connectivity index (χ1v) is 4.17. The second-order valence-electron chi connectivity index (χ2n) is 2.86. The van der Waals surface area contributed by atoms with Crippen LogP contribution in [0.3, 0.4) is 0 Å². The van der Waals surface area contributed by atoms with Crippen molar-refractivity contribution in [2.75, 3.05) is 13.9 Å². The topological polar surface area (TPSA) is 51.5 Å². The van der Waals surface area contributed by atoms with Gasteiger partial charge in [0, 0.05) is 7.11 Å². The van der Waals surface area contributed by atoms with Crippen LogP contribution in [0, 0.1) is 11.3 Å². The van der Waals surface area contributed by atoms with Crippen LogP contribution in [-0.4, -0.2) is 13.9 Å². The van der Waals surface area contributed by atoms with Crippen LogP contribution in [0.25, 0.3) is 0 Å². The molecule has 0 aromatic heterocycles. The number of nitriles is 1. The molecule has 1 aromatic carbocycles. The summed E-state index contributed by atoms with van der Waals surface area (Å²) >= 11 is 0. The first-order valence-electron chi connectivity index (χ1n) is 4.17. The number of methoxy groups -OCH3 is 1. The average molecular weight is 191 g/mol. The van der Waals surface area contributed by atoms with Crippen molar-refractivity contribution < 1.29 is 14.2 Å². The van der Waals surface area contributed by atoms with Crippen molar-refractivity contribution >= 4 is 0 Å². The van der Waals surface area contributed by atoms with Crippen LogP contribution in [0.1, 0.15) is 11.7 Å². The Hall–Kier alpha value is -1.73. The molecule has 14 heavy (non-hydrogen) atoms. The van der Waals surface area contributed by atoms with E-state index in [4.69, 9.17) is 19.5 Å². The van der Waals surface area contributed by atoms with Gasteiger partial charge in [-0.1, -0.05) is 6.07 Å². The van der Waals surface area contributed by atoms with E-state index in [0.29, 0.717) is 11.5 Å². The van der Waals surface area contributed by atoms with Crippen LogP contribution < -0.4 is 9.47 Å². The Labute approximate surface area is 81.6 Å². The van der Waals surface area contributed by atoms with E-state index in [2.05, 4.69) is 0 Å². The molecule has 0 saturated carbocycles. The highest BCUT2D eigenvalue weighted by molar-refractivity contribution is 5.45. The Morgan fingerprint density at radius 1 is 1.43 bits per heavy atom. The van der Waals surface area contributed by atoms with Crippen LogP contribution in [-0.2, 0) is 4.74 Å². The predicted molar refractivity (Wildman–Crippen MR) is 47.9 cm³/mol. The van der Waals surface area contributed by atoms with Crippen molar-refractivity contribution in [3.8, 4) is 17.6 Å². The van der Waals surface area contributed by atoms with Crippen molar-refractivity contribution in [1.29, 1.82) is 5.26 Å². The lowest BCUT2D eigenvalue weighted by molar-refractivity contribution is 0.148. The van der Waals surface area contributed by atoms with Gasteiger partial charge in [0.15, 0.2) is 17.6 Å². The highest BCUT2D eigenvalue weighted by atomic mass is 16.7. The minimum atomic E-state index is -0.551. The van der Waals surface area contributed by atoms with Gasteiger partial charge in [0.1, 0.15) is 0 Å². The molecule has 1 atom stereocenters. The second-order valence-corrected chi connectivity index (χ2v) is 2.86. The molecule has 72 valence electrons. The smallest absolute Gasteiger partial charge is 0.231 e.